The topological polar surface area (TPSA) is 12.0 Å². The molecule has 0 rings (SSSR count). The van der Waals surface area contributed by atoms with Gasteiger partial charge in [0, 0.05) is 17.7 Å². The van der Waals surface area contributed by atoms with Crippen molar-refractivity contribution in [3.05, 3.63) is 24.4 Å². The first kappa shape index (κ1) is 14.3. The molecule has 88 valence electrons. The fraction of sp³-hybridized carbons (Fsp3) is 0.714. The molecule has 0 saturated carbocycles. The molecule has 0 spiro atoms. The Bertz CT molecular complexity index is 246. The van der Waals surface area contributed by atoms with E-state index in [0.29, 0.717) is 0 Å². The highest BCUT2D eigenvalue weighted by Gasteiger charge is 2.39. The van der Waals surface area contributed by atoms with Gasteiger partial charge in [-0.05, 0) is 18.8 Å². The highest BCUT2D eigenvalue weighted by Crippen LogP contribution is 2.46. The average Bonchev–Trinajstić information content (AvgIpc) is 2.13. The van der Waals surface area contributed by atoms with Crippen molar-refractivity contribution >= 4 is 0 Å². The summed E-state index contributed by atoms with van der Waals surface area (Å²) in [5.41, 5.74) is 2.39. The van der Waals surface area contributed by atoms with Gasteiger partial charge in [-0.25, -0.2) is 0 Å². The SMILES string of the molecule is C=C(C)C(C)(C)C(C)(C)C(=C)NCCC. The maximum absolute atomic E-state index is 4.16. The molecule has 0 bridgehead atoms. The smallest absolute Gasteiger partial charge is 0.0141 e. The maximum atomic E-state index is 4.16. The summed E-state index contributed by atoms with van der Waals surface area (Å²) in [5.74, 6) is 0. The third kappa shape index (κ3) is 2.87. The lowest BCUT2D eigenvalue weighted by atomic mass is 9.63. The van der Waals surface area contributed by atoms with Gasteiger partial charge in [-0.3, -0.25) is 0 Å². The molecule has 0 aliphatic carbocycles. The summed E-state index contributed by atoms with van der Waals surface area (Å²) in [6.07, 6.45) is 1.13. The molecule has 1 N–H and O–H groups in total. The predicted molar refractivity (Wildman–Crippen MR) is 69.8 cm³/mol. The van der Waals surface area contributed by atoms with Crippen molar-refractivity contribution < 1.29 is 0 Å². The quantitative estimate of drug-likeness (QED) is 0.649. The van der Waals surface area contributed by atoms with Gasteiger partial charge in [0.25, 0.3) is 0 Å². The van der Waals surface area contributed by atoms with Gasteiger partial charge in [0.05, 0.1) is 0 Å². The van der Waals surface area contributed by atoms with Crippen LogP contribution in [-0.2, 0) is 0 Å². The normalized spacial score (nSPS) is 12.4. The highest BCUT2D eigenvalue weighted by molar-refractivity contribution is 5.19. The van der Waals surface area contributed by atoms with E-state index in [4.69, 9.17) is 0 Å². The minimum atomic E-state index is 0.0218. The lowest BCUT2D eigenvalue weighted by molar-refractivity contribution is 0.189. The van der Waals surface area contributed by atoms with E-state index < -0.39 is 0 Å². The molecule has 0 aromatic carbocycles. The third-order valence-electron chi connectivity index (χ3n) is 3.97. The van der Waals surface area contributed by atoms with E-state index in [1.807, 2.05) is 0 Å². The van der Waals surface area contributed by atoms with Crippen LogP contribution in [0, 0.1) is 10.8 Å². The molecule has 1 heteroatoms. The van der Waals surface area contributed by atoms with E-state index in [9.17, 15) is 0 Å². The number of rotatable bonds is 6. The third-order valence-corrected chi connectivity index (χ3v) is 3.97. The molecule has 1 nitrogen and oxygen atoms in total. The van der Waals surface area contributed by atoms with Gasteiger partial charge in [0.15, 0.2) is 0 Å². The molecule has 0 aliphatic rings. The van der Waals surface area contributed by atoms with Crippen molar-refractivity contribution in [3.63, 3.8) is 0 Å². The molecule has 0 aromatic rings. The second-order valence-electron chi connectivity index (χ2n) is 5.44. The standard InChI is InChI=1S/C14H27N/c1-9-10-15-12(4)14(7,8)13(5,6)11(2)3/h15H,2,4,9-10H2,1,3,5-8H3. The first-order valence-electron chi connectivity index (χ1n) is 5.77. The molecule has 0 amide bonds. The van der Waals surface area contributed by atoms with E-state index in [1.54, 1.807) is 0 Å². The van der Waals surface area contributed by atoms with Crippen LogP contribution in [-0.4, -0.2) is 6.54 Å². The molecule has 15 heavy (non-hydrogen) atoms. The van der Waals surface area contributed by atoms with Gasteiger partial charge in [-0.2, -0.15) is 0 Å². The van der Waals surface area contributed by atoms with Crippen LogP contribution in [0.4, 0.5) is 0 Å². The van der Waals surface area contributed by atoms with E-state index in [0.717, 1.165) is 18.7 Å². The Labute approximate surface area is 95.7 Å². The Morgan fingerprint density at radius 1 is 1.07 bits per heavy atom. The Morgan fingerprint density at radius 2 is 1.53 bits per heavy atom. The summed E-state index contributed by atoms with van der Waals surface area (Å²) in [6.45, 7) is 22.4. The molecule has 0 saturated heterocycles. The Kier molecular flexibility index (Phi) is 4.64. The second kappa shape index (κ2) is 4.87. The van der Waals surface area contributed by atoms with Crippen LogP contribution < -0.4 is 5.32 Å². The summed E-state index contributed by atoms with van der Waals surface area (Å²) >= 11 is 0. The van der Waals surface area contributed by atoms with E-state index >= 15 is 0 Å². The first-order chi connectivity index (χ1) is 6.67. The number of hydrogen-bond donors (Lipinski definition) is 1. The number of allylic oxidation sites excluding steroid dienone is 2. The van der Waals surface area contributed by atoms with Crippen molar-refractivity contribution in [2.24, 2.45) is 10.8 Å². The van der Waals surface area contributed by atoms with Gasteiger partial charge >= 0.3 is 0 Å². The zero-order valence-corrected chi connectivity index (χ0v) is 11.3. The monoisotopic (exact) mass is 209 g/mol. The molecule has 0 atom stereocenters. The average molecular weight is 209 g/mol. The van der Waals surface area contributed by atoms with Crippen LogP contribution in [0.25, 0.3) is 0 Å². The van der Waals surface area contributed by atoms with Crippen molar-refractivity contribution in [3.8, 4) is 0 Å². The second-order valence-corrected chi connectivity index (χ2v) is 5.44. The van der Waals surface area contributed by atoms with Gasteiger partial charge in [0.1, 0.15) is 0 Å². The summed E-state index contributed by atoms with van der Waals surface area (Å²) in [6, 6.07) is 0. The van der Waals surface area contributed by atoms with Crippen LogP contribution in [0.5, 0.6) is 0 Å². The van der Waals surface area contributed by atoms with Crippen LogP contribution in [0.1, 0.15) is 48.0 Å². The van der Waals surface area contributed by atoms with Crippen LogP contribution in [0.3, 0.4) is 0 Å². The van der Waals surface area contributed by atoms with E-state index in [-0.39, 0.29) is 10.8 Å². The zero-order valence-electron chi connectivity index (χ0n) is 11.3. The summed E-state index contributed by atoms with van der Waals surface area (Å²) in [7, 11) is 0. The molecular formula is C14H27N. The maximum Gasteiger partial charge on any atom is 0.0141 e. The highest BCUT2D eigenvalue weighted by atomic mass is 14.9. The van der Waals surface area contributed by atoms with Gasteiger partial charge in [0.2, 0.25) is 0 Å². The molecule has 0 aliphatic heterocycles. The first-order valence-corrected chi connectivity index (χ1v) is 5.77. The van der Waals surface area contributed by atoms with Crippen molar-refractivity contribution in [2.45, 2.75) is 48.0 Å². The van der Waals surface area contributed by atoms with Crippen LogP contribution in [0.15, 0.2) is 24.4 Å². The predicted octanol–water partition coefficient (Wildman–Crippen LogP) is 4.13. The minimum Gasteiger partial charge on any atom is -0.388 e. The van der Waals surface area contributed by atoms with Crippen molar-refractivity contribution in [1.29, 1.82) is 0 Å². The fourth-order valence-electron chi connectivity index (χ4n) is 1.41. The van der Waals surface area contributed by atoms with Crippen molar-refractivity contribution in [1.82, 2.24) is 5.32 Å². The number of hydrogen-bond acceptors (Lipinski definition) is 1. The molecule has 0 aromatic heterocycles. The fourth-order valence-corrected chi connectivity index (χ4v) is 1.41. The van der Waals surface area contributed by atoms with Gasteiger partial charge < -0.3 is 5.32 Å². The number of nitrogens with one attached hydrogen (secondary N) is 1. The summed E-state index contributed by atoms with van der Waals surface area (Å²) in [5, 5.41) is 3.40. The summed E-state index contributed by atoms with van der Waals surface area (Å²) in [4.78, 5) is 0. The molecule has 0 fully saturated rings. The van der Waals surface area contributed by atoms with Crippen molar-refractivity contribution in [2.75, 3.05) is 6.54 Å². The molecule has 0 unspecified atom stereocenters. The summed E-state index contributed by atoms with van der Waals surface area (Å²) < 4.78 is 0. The van der Waals surface area contributed by atoms with E-state index in [2.05, 4.69) is 60.0 Å². The largest absolute Gasteiger partial charge is 0.388 e. The lowest BCUT2D eigenvalue weighted by Gasteiger charge is -2.44. The Hall–Kier alpha value is -0.720. The molecule has 0 heterocycles. The van der Waals surface area contributed by atoms with Gasteiger partial charge in [-0.1, -0.05) is 53.3 Å². The zero-order chi connectivity index (χ0) is 12.3. The van der Waals surface area contributed by atoms with Crippen LogP contribution >= 0.6 is 0 Å². The lowest BCUT2D eigenvalue weighted by Crippen LogP contribution is -2.39. The molecular weight excluding hydrogens is 182 g/mol. The van der Waals surface area contributed by atoms with Crippen LogP contribution in [0.2, 0.25) is 0 Å². The Morgan fingerprint density at radius 3 is 1.87 bits per heavy atom. The molecule has 0 radical (unpaired) electrons. The minimum absolute atomic E-state index is 0.0218. The Balaban J connectivity index is 4.80. The van der Waals surface area contributed by atoms with Gasteiger partial charge in [-0.15, -0.1) is 0 Å². The van der Waals surface area contributed by atoms with E-state index in [1.165, 1.54) is 5.57 Å².